The van der Waals surface area contributed by atoms with E-state index >= 15 is 0 Å². The minimum Gasteiger partial charge on any atom is -0.351 e. The topological polar surface area (TPSA) is 75.0 Å². The van der Waals surface area contributed by atoms with Gasteiger partial charge in [-0.1, -0.05) is 17.3 Å². The van der Waals surface area contributed by atoms with Crippen LogP contribution in [0, 0.1) is 6.92 Å². The third-order valence-corrected chi connectivity index (χ3v) is 4.08. The van der Waals surface area contributed by atoms with E-state index in [9.17, 15) is 4.79 Å². The lowest BCUT2D eigenvalue weighted by Crippen LogP contribution is -2.30. The van der Waals surface area contributed by atoms with E-state index < -0.39 is 0 Å². The van der Waals surface area contributed by atoms with Crippen molar-refractivity contribution in [2.75, 3.05) is 6.54 Å². The highest BCUT2D eigenvalue weighted by molar-refractivity contribution is 5.92. The summed E-state index contributed by atoms with van der Waals surface area (Å²) in [4.78, 5) is 22.4. The molecule has 1 aromatic carbocycles. The van der Waals surface area contributed by atoms with Crippen LogP contribution in [0.4, 0.5) is 0 Å². The number of para-hydroxylation sites is 2. The Morgan fingerprint density at radius 1 is 1.41 bits per heavy atom. The van der Waals surface area contributed by atoms with Gasteiger partial charge in [0.2, 0.25) is 5.76 Å². The van der Waals surface area contributed by atoms with Crippen LogP contribution in [-0.2, 0) is 0 Å². The molecule has 22 heavy (non-hydrogen) atoms. The molecule has 112 valence electrons. The molecule has 3 heterocycles. The molecule has 1 saturated heterocycles. The number of rotatable bonds is 2. The highest BCUT2D eigenvalue weighted by atomic mass is 16.5. The molecule has 1 aliphatic heterocycles. The number of carbonyl (C=O) groups is 1. The number of benzene rings is 1. The average Bonchev–Trinajstić information content (AvgIpc) is 3.24. The van der Waals surface area contributed by atoms with Crippen LogP contribution in [-0.4, -0.2) is 32.5 Å². The van der Waals surface area contributed by atoms with E-state index in [0.29, 0.717) is 18.0 Å². The zero-order valence-corrected chi connectivity index (χ0v) is 12.2. The van der Waals surface area contributed by atoms with Gasteiger partial charge < -0.3 is 14.4 Å². The second kappa shape index (κ2) is 4.98. The maximum Gasteiger partial charge on any atom is 0.293 e. The van der Waals surface area contributed by atoms with Crippen molar-refractivity contribution in [1.82, 2.24) is 20.0 Å². The molecule has 2 aromatic heterocycles. The van der Waals surface area contributed by atoms with E-state index in [2.05, 4.69) is 15.1 Å². The Labute approximate surface area is 127 Å². The molecule has 6 nitrogen and oxygen atoms in total. The van der Waals surface area contributed by atoms with Crippen LogP contribution in [0.25, 0.3) is 11.0 Å². The van der Waals surface area contributed by atoms with Gasteiger partial charge in [-0.2, -0.15) is 0 Å². The van der Waals surface area contributed by atoms with E-state index in [1.54, 1.807) is 13.0 Å². The van der Waals surface area contributed by atoms with Crippen LogP contribution in [0.5, 0.6) is 0 Å². The minimum absolute atomic E-state index is 0.0368. The normalized spacial score (nSPS) is 18.2. The van der Waals surface area contributed by atoms with Gasteiger partial charge in [-0.3, -0.25) is 4.79 Å². The number of imidazole rings is 1. The van der Waals surface area contributed by atoms with Gasteiger partial charge in [-0.15, -0.1) is 0 Å². The first-order chi connectivity index (χ1) is 10.7. The molecule has 0 aliphatic carbocycles. The van der Waals surface area contributed by atoms with Crippen molar-refractivity contribution in [1.29, 1.82) is 0 Å². The number of nitrogens with zero attached hydrogens (tertiary/aromatic N) is 3. The van der Waals surface area contributed by atoms with Gasteiger partial charge in [0.25, 0.3) is 5.91 Å². The van der Waals surface area contributed by atoms with Gasteiger partial charge in [0, 0.05) is 12.6 Å². The summed E-state index contributed by atoms with van der Waals surface area (Å²) >= 11 is 0. The zero-order valence-electron chi connectivity index (χ0n) is 12.2. The quantitative estimate of drug-likeness (QED) is 0.789. The number of carbonyl (C=O) groups excluding carboxylic acids is 1. The Morgan fingerprint density at radius 2 is 2.27 bits per heavy atom. The number of hydrogen-bond donors (Lipinski definition) is 1. The summed E-state index contributed by atoms with van der Waals surface area (Å²) < 4.78 is 5.11. The monoisotopic (exact) mass is 296 g/mol. The minimum atomic E-state index is -0.122. The predicted octanol–water partition coefficient (Wildman–Crippen LogP) is 2.84. The molecular weight excluding hydrogens is 280 g/mol. The lowest BCUT2D eigenvalue weighted by molar-refractivity contribution is 0.0688. The number of hydrogen-bond acceptors (Lipinski definition) is 4. The number of fused-ring (bicyclic) bond motifs is 1. The van der Waals surface area contributed by atoms with Gasteiger partial charge in [-0.05, 0) is 31.9 Å². The Kier molecular flexibility index (Phi) is 2.96. The van der Waals surface area contributed by atoms with Gasteiger partial charge in [0.05, 0.1) is 22.8 Å². The van der Waals surface area contributed by atoms with Gasteiger partial charge >= 0.3 is 0 Å². The van der Waals surface area contributed by atoms with Crippen molar-refractivity contribution < 1.29 is 9.32 Å². The summed E-state index contributed by atoms with van der Waals surface area (Å²) in [6.45, 7) is 2.52. The molecule has 3 aromatic rings. The molecule has 1 atom stereocenters. The summed E-state index contributed by atoms with van der Waals surface area (Å²) in [6.07, 6.45) is 1.86. The molecule has 6 heteroatoms. The van der Waals surface area contributed by atoms with E-state index in [1.165, 1.54) is 0 Å². The Hall–Kier alpha value is -2.63. The summed E-state index contributed by atoms with van der Waals surface area (Å²) in [5, 5.41) is 3.80. The van der Waals surface area contributed by atoms with Crippen molar-refractivity contribution in [3.63, 3.8) is 0 Å². The zero-order chi connectivity index (χ0) is 15.1. The number of aromatic nitrogens is 3. The van der Waals surface area contributed by atoms with Crippen LogP contribution in [0.15, 0.2) is 34.9 Å². The largest absolute Gasteiger partial charge is 0.351 e. The number of likely N-dealkylation sites (tertiary alicyclic amines) is 1. The van der Waals surface area contributed by atoms with Crippen molar-refractivity contribution >= 4 is 16.9 Å². The highest BCUT2D eigenvalue weighted by Crippen LogP contribution is 2.32. The molecule has 1 fully saturated rings. The molecule has 1 N–H and O–H groups in total. The van der Waals surface area contributed by atoms with Gasteiger partial charge in [-0.25, -0.2) is 4.98 Å². The van der Waals surface area contributed by atoms with Crippen LogP contribution < -0.4 is 0 Å². The number of nitrogens with one attached hydrogen (secondary N) is 1. The molecule has 0 spiro atoms. The van der Waals surface area contributed by atoms with Crippen LogP contribution >= 0.6 is 0 Å². The second-order valence-corrected chi connectivity index (χ2v) is 5.63. The predicted molar refractivity (Wildman–Crippen MR) is 80.3 cm³/mol. The molecule has 1 amide bonds. The first-order valence-corrected chi connectivity index (χ1v) is 7.41. The number of H-pyrrole nitrogens is 1. The Morgan fingerprint density at radius 3 is 3.05 bits per heavy atom. The lowest BCUT2D eigenvalue weighted by atomic mass is 10.2. The molecular formula is C16H16N4O2. The molecule has 0 bridgehead atoms. The Balaban J connectivity index is 1.67. The Bertz CT molecular complexity index is 802. The molecule has 0 unspecified atom stereocenters. The SMILES string of the molecule is Cc1cc(C(=O)N2CCC[C@@H]2c2nc3ccccc3[nH]2)on1. The third kappa shape index (κ3) is 2.07. The standard InChI is InChI=1S/C16H16N4O2/c1-10-9-14(22-19-10)16(21)20-8-4-7-13(20)15-17-11-5-2-3-6-12(11)18-15/h2-3,5-6,9,13H,4,7-8H2,1H3,(H,17,18)/t13-/m1/s1. The molecule has 4 rings (SSSR count). The van der Waals surface area contributed by atoms with E-state index in [0.717, 1.165) is 29.7 Å². The van der Waals surface area contributed by atoms with Crippen LogP contribution in [0.1, 0.15) is 41.0 Å². The second-order valence-electron chi connectivity index (χ2n) is 5.63. The summed E-state index contributed by atoms with van der Waals surface area (Å²) in [5.41, 5.74) is 2.63. The highest BCUT2D eigenvalue weighted by Gasteiger charge is 2.34. The molecule has 0 saturated carbocycles. The van der Waals surface area contributed by atoms with Crippen LogP contribution in [0.2, 0.25) is 0 Å². The van der Waals surface area contributed by atoms with Gasteiger partial charge in [0.15, 0.2) is 0 Å². The van der Waals surface area contributed by atoms with E-state index in [1.807, 2.05) is 29.2 Å². The van der Waals surface area contributed by atoms with Crippen molar-refractivity contribution in [3.05, 3.63) is 47.6 Å². The summed E-state index contributed by atoms with van der Waals surface area (Å²) in [7, 11) is 0. The fourth-order valence-corrected chi connectivity index (χ4v) is 3.03. The third-order valence-electron chi connectivity index (χ3n) is 4.08. The number of amides is 1. The maximum atomic E-state index is 12.6. The molecule has 0 radical (unpaired) electrons. The fraction of sp³-hybridized carbons (Fsp3) is 0.312. The number of aromatic amines is 1. The van der Waals surface area contributed by atoms with Crippen LogP contribution in [0.3, 0.4) is 0 Å². The first-order valence-electron chi connectivity index (χ1n) is 7.41. The molecule has 1 aliphatic rings. The fourth-order valence-electron chi connectivity index (χ4n) is 3.03. The van der Waals surface area contributed by atoms with Gasteiger partial charge in [0.1, 0.15) is 5.82 Å². The number of aryl methyl sites for hydroxylation is 1. The summed E-state index contributed by atoms with van der Waals surface area (Å²) in [6, 6.07) is 9.53. The average molecular weight is 296 g/mol. The first kappa shape index (κ1) is 13.1. The van der Waals surface area contributed by atoms with E-state index in [-0.39, 0.29) is 11.9 Å². The maximum absolute atomic E-state index is 12.6. The van der Waals surface area contributed by atoms with E-state index in [4.69, 9.17) is 4.52 Å². The summed E-state index contributed by atoms with van der Waals surface area (Å²) in [5.74, 6) is 1.01. The smallest absolute Gasteiger partial charge is 0.293 e. The van der Waals surface area contributed by atoms with Crippen molar-refractivity contribution in [2.24, 2.45) is 0 Å². The van der Waals surface area contributed by atoms with Crippen molar-refractivity contribution in [2.45, 2.75) is 25.8 Å². The lowest BCUT2D eigenvalue weighted by Gasteiger charge is -2.21. The van der Waals surface area contributed by atoms with Crippen molar-refractivity contribution in [3.8, 4) is 0 Å².